The first-order valence-corrected chi connectivity index (χ1v) is 6.45. The third kappa shape index (κ3) is 3.40. The number of anilines is 1. The first kappa shape index (κ1) is 12.3. The molecule has 1 fully saturated rings. The van der Waals surface area contributed by atoms with E-state index >= 15 is 0 Å². The van der Waals surface area contributed by atoms with Crippen LogP contribution in [0, 0.1) is 6.92 Å². The topological polar surface area (TPSA) is 55.0 Å². The lowest BCUT2D eigenvalue weighted by Crippen LogP contribution is -2.33. The number of hydrogen-bond donors (Lipinski definition) is 1. The van der Waals surface area contributed by atoms with Crippen LogP contribution in [-0.4, -0.2) is 28.0 Å². The summed E-state index contributed by atoms with van der Waals surface area (Å²) in [5.74, 6) is 1.42. The highest BCUT2D eigenvalue weighted by atomic mass is 15.2. The van der Waals surface area contributed by atoms with Crippen molar-refractivity contribution in [2.24, 2.45) is 0 Å². The van der Waals surface area contributed by atoms with Gasteiger partial charge in [0.1, 0.15) is 11.6 Å². The molecule has 0 atom stereocenters. The molecule has 4 heteroatoms. The number of aromatic nitrogens is 2. The maximum absolute atomic E-state index is 5.74. The molecule has 1 aliphatic rings. The zero-order valence-electron chi connectivity index (χ0n) is 10.8. The normalized spacial score (nSPS) is 17.6. The monoisotopic (exact) mass is 234 g/mol. The van der Waals surface area contributed by atoms with Crippen LogP contribution in [0.5, 0.6) is 0 Å². The summed E-state index contributed by atoms with van der Waals surface area (Å²) in [6.45, 7) is 2.76. The molecule has 94 valence electrons. The Hall–Kier alpha value is -1.16. The van der Waals surface area contributed by atoms with Gasteiger partial charge in [-0.3, -0.25) is 4.90 Å². The van der Waals surface area contributed by atoms with Gasteiger partial charge < -0.3 is 5.73 Å². The van der Waals surface area contributed by atoms with E-state index in [9.17, 15) is 0 Å². The van der Waals surface area contributed by atoms with Crippen molar-refractivity contribution in [2.75, 3.05) is 12.8 Å². The van der Waals surface area contributed by atoms with Crippen LogP contribution < -0.4 is 5.73 Å². The van der Waals surface area contributed by atoms with Crippen molar-refractivity contribution >= 4 is 5.82 Å². The summed E-state index contributed by atoms with van der Waals surface area (Å²) in [5.41, 5.74) is 6.69. The minimum absolute atomic E-state index is 0.574. The Balaban J connectivity index is 1.99. The van der Waals surface area contributed by atoms with Crippen molar-refractivity contribution in [2.45, 2.75) is 51.6 Å². The van der Waals surface area contributed by atoms with Crippen molar-refractivity contribution in [3.8, 4) is 0 Å². The summed E-state index contributed by atoms with van der Waals surface area (Å²) < 4.78 is 0. The Morgan fingerprint density at radius 1 is 1.29 bits per heavy atom. The van der Waals surface area contributed by atoms with Gasteiger partial charge in [0.25, 0.3) is 0 Å². The van der Waals surface area contributed by atoms with Crippen molar-refractivity contribution < 1.29 is 0 Å². The number of nitrogens with zero attached hydrogens (tertiary/aromatic N) is 3. The van der Waals surface area contributed by atoms with Gasteiger partial charge in [-0.25, -0.2) is 9.97 Å². The van der Waals surface area contributed by atoms with Crippen molar-refractivity contribution in [1.82, 2.24) is 14.9 Å². The van der Waals surface area contributed by atoms with Crippen LogP contribution in [-0.2, 0) is 6.54 Å². The number of rotatable bonds is 3. The highest BCUT2D eigenvalue weighted by molar-refractivity contribution is 5.29. The van der Waals surface area contributed by atoms with E-state index in [1.807, 2.05) is 13.0 Å². The Morgan fingerprint density at radius 2 is 2.00 bits per heavy atom. The Bertz CT molecular complexity index is 351. The Kier molecular flexibility index (Phi) is 3.94. The molecule has 0 unspecified atom stereocenters. The highest BCUT2D eigenvalue weighted by Crippen LogP contribution is 2.22. The van der Waals surface area contributed by atoms with Crippen LogP contribution in [0.2, 0.25) is 0 Å². The van der Waals surface area contributed by atoms with Crippen molar-refractivity contribution in [3.63, 3.8) is 0 Å². The molecule has 4 nitrogen and oxygen atoms in total. The van der Waals surface area contributed by atoms with E-state index in [0.29, 0.717) is 11.9 Å². The van der Waals surface area contributed by atoms with Crippen LogP contribution in [0.25, 0.3) is 0 Å². The lowest BCUT2D eigenvalue weighted by atomic mass is 9.94. The average Bonchev–Trinajstić information content (AvgIpc) is 2.28. The molecule has 2 N–H and O–H groups in total. The smallest absolute Gasteiger partial charge is 0.144 e. The number of hydrogen-bond acceptors (Lipinski definition) is 4. The van der Waals surface area contributed by atoms with E-state index in [0.717, 1.165) is 18.1 Å². The second-order valence-electron chi connectivity index (χ2n) is 5.06. The molecule has 0 radical (unpaired) electrons. The van der Waals surface area contributed by atoms with Gasteiger partial charge in [-0.15, -0.1) is 0 Å². The van der Waals surface area contributed by atoms with E-state index in [-0.39, 0.29) is 0 Å². The van der Waals surface area contributed by atoms with Gasteiger partial charge >= 0.3 is 0 Å². The highest BCUT2D eigenvalue weighted by Gasteiger charge is 2.18. The van der Waals surface area contributed by atoms with Gasteiger partial charge in [-0.2, -0.15) is 0 Å². The molecule has 1 heterocycles. The fourth-order valence-corrected chi connectivity index (χ4v) is 2.60. The predicted octanol–water partition coefficient (Wildman–Crippen LogP) is 2.13. The number of nitrogen functional groups attached to an aromatic ring is 1. The lowest BCUT2D eigenvalue weighted by Gasteiger charge is -2.30. The fourth-order valence-electron chi connectivity index (χ4n) is 2.60. The number of nitrogens with two attached hydrogens (primary N) is 1. The molecular weight excluding hydrogens is 212 g/mol. The molecule has 0 bridgehead atoms. The predicted molar refractivity (Wildman–Crippen MR) is 69.5 cm³/mol. The SMILES string of the molecule is Cc1cc(N)nc(CN(C)C2CCCCC2)n1. The molecule has 1 aromatic heterocycles. The minimum Gasteiger partial charge on any atom is -0.384 e. The van der Waals surface area contributed by atoms with E-state index < -0.39 is 0 Å². The summed E-state index contributed by atoms with van der Waals surface area (Å²) >= 11 is 0. The lowest BCUT2D eigenvalue weighted by molar-refractivity contribution is 0.180. The second-order valence-corrected chi connectivity index (χ2v) is 5.06. The van der Waals surface area contributed by atoms with Crippen LogP contribution >= 0.6 is 0 Å². The standard InChI is InChI=1S/C13H22N4/c1-10-8-12(14)16-13(15-10)9-17(2)11-6-4-3-5-7-11/h8,11H,3-7,9H2,1-2H3,(H2,14,15,16). The fraction of sp³-hybridized carbons (Fsp3) is 0.692. The second kappa shape index (κ2) is 5.45. The minimum atomic E-state index is 0.574. The summed E-state index contributed by atoms with van der Waals surface area (Å²) in [4.78, 5) is 11.1. The Labute approximate surface area is 103 Å². The molecule has 17 heavy (non-hydrogen) atoms. The zero-order chi connectivity index (χ0) is 12.3. The third-order valence-electron chi connectivity index (χ3n) is 3.51. The molecule has 1 aromatic rings. The molecule has 0 amide bonds. The van der Waals surface area contributed by atoms with Gasteiger partial charge in [0.15, 0.2) is 0 Å². The van der Waals surface area contributed by atoms with Crippen LogP contribution in [0.1, 0.15) is 43.6 Å². The molecule has 0 saturated heterocycles. The van der Waals surface area contributed by atoms with Gasteiger partial charge in [-0.1, -0.05) is 19.3 Å². The summed E-state index contributed by atoms with van der Waals surface area (Å²) in [6, 6.07) is 2.50. The molecule has 2 rings (SSSR count). The van der Waals surface area contributed by atoms with E-state index in [4.69, 9.17) is 5.73 Å². The molecule has 1 saturated carbocycles. The number of aryl methyl sites for hydroxylation is 1. The maximum atomic E-state index is 5.74. The van der Waals surface area contributed by atoms with Crippen molar-refractivity contribution in [3.05, 3.63) is 17.6 Å². The van der Waals surface area contributed by atoms with E-state index in [2.05, 4.69) is 21.9 Å². The molecule has 1 aliphatic carbocycles. The first-order chi connectivity index (χ1) is 8.15. The van der Waals surface area contributed by atoms with Crippen LogP contribution in [0.3, 0.4) is 0 Å². The summed E-state index contributed by atoms with van der Waals surface area (Å²) in [6.07, 6.45) is 6.70. The van der Waals surface area contributed by atoms with Crippen LogP contribution in [0.4, 0.5) is 5.82 Å². The third-order valence-corrected chi connectivity index (χ3v) is 3.51. The summed E-state index contributed by atoms with van der Waals surface area (Å²) in [5, 5.41) is 0. The van der Waals surface area contributed by atoms with Crippen LogP contribution in [0.15, 0.2) is 6.07 Å². The first-order valence-electron chi connectivity index (χ1n) is 6.45. The zero-order valence-corrected chi connectivity index (χ0v) is 10.8. The molecular formula is C13H22N4. The Morgan fingerprint density at radius 3 is 2.65 bits per heavy atom. The van der Waals surface area contributed by atoms with E-state index in [1.165, 1.54) is 32.1 Å². The largest absolute Gasteiger partial charge is 0.384 e. The average molecular weight is 234 g/mol. The molecule has 0 aliphatic heterocycles. The maximum Gasteiger partial charge on any atom is 0.144 e. The van der Waals surface area contributed by atoms with Gasteiger partial charge in [0.2, 0.25) is 0 Å². The molecule has 0 aromatic carbocycles. The van der Waals surface area contributed by atoms with Crippen molar-refractivity contribution in [1.29, 1.82) is 0 Å². The van der Waals surface area contributed by atoms with Gasteiger partial charge in [-0.05, 0) is 26.8 Å². The quantitative estimate of drug-likeness (QED) is 0.870. The summed E-state index contributed by atoms with van der Waals surface area (Å²) in [7, 11) is 2.16. The van der Waals surface area contributed by atoms with E-state index in [1.54, 1.807) is 0 Å². The molecule has 0 spiro atoms. The van der Waals surface area contributed by atoms with Gasteiger partial charge in [0.05, 0.1) is 6.54 Å². The van der Waals surface area contributed by atoms with Gasteiger partial charge in [0, 0.05) is 17.8 Å².